The van der Waals surface area contributed by atoms with E-state index in [0.29, 0.717) is 19.6 Å². The van der Waals surface area contributed by atoms with Crippen molar-refractivity contribution in [1.82, 2.24) is 14.4 Å². The van der Waals surface area contributed by atoms with E-state index in [4.69, 9.17) is 0 Å². The molecule has 1 fully saturated rings. The van der Waals surface area contributed by atoms with E-state index in [0.717, 1.165) is 42.1 Å². The number of aromatic nitrogens is 1. The fourth-order valence-corrected chi connectivity index (χ4v) is 4.74. The second-order valence-electron chi connectivity index (χ2n) is 7.81. The van der Waals surface area contributed by atoms with E-state index >= 15 is 0 Å². The number of Topliss-reactive ketones (excluding diaryl/α,β-unsaturated/α-hetero) is 1. The van der Waals surface area contributed by atoms with Crippen molar-refractivity contribution in [2.45, 2.75) is 20.4 Å². The van der Waals surface area contributed by atoms with Gasteiger partial charge in [0.25, 0.3) is 5.91 Å². The van der Waals surface area contributed by atoms with Crippen LogP contribution in [0.3, 0.4) is 0 Å². The maximum atomic E-state index is 13.0. The minimum atomic E-state index is 0.0682. The third kappa shape index (κ3) is 4.40. The Balaban J connectivity index is 1.36. The fourth-order valence-electron chi connectivity index (χ4n) is 4.05. The SMILES string of the molecule is Cc1cc(C(=O)CN2CCN(C(=O)c3ccccc3)CC2)c(C)n1Cc1cccs1. The molecular weight excluding hydrogens is 394 g/mol. The smallest absolute Gasteiger partial charge is 0.253 e. The Morgan fingerprint density at radius 1 is 0.967 bits per heavy atom. The number of aryl methyl sites for hydroxylation is 1. The van der Waals surface area contributed by atoms with Crippen LogP contribution in [0.1, 0.15) is 37.0 Å². The van der Waals surface area contributed by atoms with Gasteiger partial charge < -0.3 is 9.47 Å². The Morgan fingerprint density at radius 3 is 2.37 bits per heavy atom. The van der Waals surface area contributed by atoms with Gasteiger partial charge in [-0.2, -0.15) is 0 Å². The molecule has 1 saturated heterocycles. The van der Waals surface area contributed by atoms with E-state index in [1.807, 2.05) is 48.2 Å². The summed E-state index contributed by atoms with van der Waals surface area (Å²) in [4.78, 5) is 30.9. The van der Waals surface area contributed by atoms with E-state index in [1.54, 1.807) is 11.3 Å². The van der Waals surface area contributed by atoms with Crippen LogP contribution in [0.5, 0.6) is 0 Å². The first-order valence-corrected chi connectivity index (χ1v) is 11.2. The van der Waals surface area contributed by atoms with Crippen molar-refractivity contribution in [3.05, 3.63) is 81.3 Å². The summed E-state index contributed by atoms with van der Waals surface area (Å²) in [6.45, 7) is 8.04. The molecule has 4 rings (SSSR count). The molecule has 0 aliphatic carbocycles. The van der Waals surface area contributed by atoms with Gasteiger partial charge in [0.05, 0.1) is 13.1 Å². The molecule has 1 aliphatic rings. The summed E-state index contributed by atoms with van der Waals surface area (Å²) >= 11 is 1.74. The summed E-state index contributed by atoms with van der Waals surface area (Å²) in [5, 5.41) is 2.08. The van der Waals surface area contributed by atoms with Crippen molar-refractivity contribution in [2.75, 3.05) is 32.7 Å². The number of piperazine rings is 1. The number of hydrogen-bond donors (Lipinski definition) is 0. The number of carbonyl (C=O) groups is 2. The Bertz CT molecular complexity index is 1020. The molecule has 0 spiro atoms. The molecule has 1 amide bonds. The molecule has 0 saturated carbocycles. The maximum Gasteiger partial charge on any atom is 0.253 e. The molecule has 6 heteroatoms. The van der Waals surface area contributed by atoms with Gasteiger partial charge >= 0.3 is 0 Å². The van der Waals surface area contributed by atoms with Crippen LogP contribution in [0, 0.1) is 13.8 Å². The van der Waals surface area contributed by atoms with Gasteiger partial charge in [0.15, 0.2) is 5.78 Å². The Labute approximate surface area is 181 Å². The van der Waals surface area contributed by atoms with Crippen LogP contribution in [0.4, 0.5) is 0 Å². The minimum absolute atomic E-state index is 0.0682. The van der Waals surface area contributed by atoms with Crippen LogP contribution < -0.4 is 0 Å². The van der Waals surface area contributed by atoms with E-state index in [-0.39, 0.29) is 11.7 Å². The lowest BCUT2D eigenvalue weighted by atomic mass is 10.1. The zero-order chi connectivity index (χ0) is 21.1. The second-order valence-corrected chi connectivity index (χ2v) is 8.84. The molecule has 1 aliphatic heterocycles. The molecule has 3 aromatic rings. The maximum absolute atomic E-state index is 13.0. The zero-order valence-electron chi connectivity index (χ0n) is 17.5. The lowest BCUT2D eigenvalue weighted by Crippen LogP contribution is -2.49. The molecular formula is C24H27N3O2S. The molecule has 156 valence electrons. The molecule has 3 heterocycles. The molecule has 0 radical (unpaired) electrons. The van der Waals surface area contributed by atoms with E-state index in [9.17, 15) is 9.59 Å². The summed E-state index contributed by atoms with van der Waals surface area (Å²) in [5.74, 6) is 0.224. The van der Waals surface area contributed by atoms with Gasteiger partial charge in [-0.3, -0.25) is 14.5 Å². The third-order valence-electron chi connectivity index (χ3n) is 5.82. The zero-order valence-corrected chi connectivity index (χ0v) is 18.3. The average Bonchev–Trinajstić information content (AvgIpc) is 3.38. The standard InChI is InChI=1S/C24H27N3O2S/c1-18-15-22(19(2)27(18)16-21-9-6-14-30-21)23(28)17-25-10-12-26(13-11-25)24(29)20-7-4-3-5-8-20/h3-9,14-15H,10-13,16-17H2,1-2H3. The number of carbonyl (C=O) groups excluding carboxylic acids is 2. The summed E-state index contributed by atoms with van der Waals surface area (Å²) in [5.41, 5.74) is 3.68. The normalized spacial score (nSPS) is 14.8. The van der Waals surface area contributed by atoms with Crippen molar-refractivity contribution in [1.29, 1.82) is 0 Å². The summed E-state index contributed by atoms with van der Waals surface area (Å²) in [6.07, 6.45) is 0. The highest BCUT2D eigenvalue weighted by Gasteiger charge is 2.25. The van der Waals surface area contributed by atoms with Crippen molar-refractivity contribution >= 4 is 23.0 Å². The summed E-state index contributed by atoms with van der Waals surface area (Å²) in [7, 11) is 0. The van der Waals surface area contributed by atoms with Crippen molar-refractivity contribution in [2.24, 2.45) is 0 Å². The summed E-state index contributed by atoms with van der Waals surface area (Å²) < 4.78 is 2.22. The van der Waals surface area contributed by atoms with Gasteiger partial charge in [-0.05, 0) is 43.5 Å². The third-order valence-corrected chi connectivity index (χ3v) is 6.68. The fraction of sp³-hybridized carbons (Fsp3) is 0.333. The minimum Gasteiger partial charge on any atom is -0.343 e. The van der Waals surface area contributed by atoms with Gasteiger partial charge in [-0.15, -0.1) is 11.3 Å². The Morgan fingerprint density at radius 2 is 1.70 bits per heavy atom. The molecule has 0 bridgehead atoms. The molecule has 2 aromatic heterocycles. The van der Waals surface area contributed by atoms with Crippen molar-refractivity contribution < 1.29 is 9.59 Å². The quantitative estimate of drug-likeness (QED) is 0.568. The highest BCUT2D eigenvalue weighted by Crippen LogP contribution is 2.20. The predicted molar refractivity (Wildman–Crippen MR) is 120 cm³/mol. The number of ketones is 1. The number of rotatable bonds is 6. The highest BCUT2D eigenvalue weighted by molar-refractivity contribution is 7.09. The van der Waals surface area contributed by atoms with Gasteiger partial charge in [-0.25, -0.2) is 0 Å². The van der Waals surface area contributed by atoms with Gasteiger partial charge in [0.2, 0.25) is 0 Å². The van der Waals surface area contributed by atoms with Crippen LogP contribution in [-0.4, -0.2) is 58.8 Å². The number of thiophene rings is 1. The molecule has 0 N–H and O–H groups in total. The largest absolute Gasteiger partial charge is 0.343 e. The second kappa shape index (κ2) is 8.98. The van der Waals surface area contributed by atoms with E-state index in [1.165, 1.54) is 4.88 Å². The first-order valence-electron chi connectivity index (χ1n) is 10.3. The van der Waals surface area contributed by atoms with Crippen molar-refractivity contribution in [3.8, 4) is 0 Å². The molecule has 0 atom stereocenters. The monoisotopic (exact) mass is 421 g/mol. The summed E-state index contributed by atoms with van der Waals surface area (Å²) in [6, 6.07) is 15.6. The molecule has 1 aromatic carbocycles. The number of nitrogens with zero attached hydrogens (tertiary/aromatic N) is 3. The topological polar surface area (TPSA) is 45.6 Å². The first kappa shape index (κ1) is 20.6. The number of amides is 1. The molecule has 5 nitrogen and oxygen atoms in total. The van der Waals surface area contributed by atoms with E-state index in [2.05, 4.69) is 33.9 Å². The lowest BCUT2D eigenvalue weighted by Gasteiger charge is -2.34. The molecule has 30 heavy (non-hydrogen) atoms. The van der Waals surface area contributed by atoms with Gasteiger partial charge in [-0.1, -0.05) is 24.3 Å². The lowest BCUT2D eigenvalue weighted by molar-refractivity contribution is 0.0624. The number of hydrogen-bond acceptors (Lipinski definition) is 4. The van der Waals surface area contributed by atoms with E-state index < -0.39 is 0 Å². The first-order chi connectivity index (χ1) is 14.5. The van der Waals surface area contributed by atoms with Gasteiger partial charge in [0.1, 0.15) is 0 Å². The van der Waals surface area contributed by atoms with Crippen LogP contribution in [-0.2, 0) is 6.54 Å². The average molecular weight is 422 g/mol. The van der Waals surface area contributed by atoms with Crippen LogP contribution in [0.25, 0.3) is 0 Å². The van der Waals surface area contributed by atoms with Crippen LogP contribution >= 0.6 is 11.3 Å². The Kier molecular flexibility index (Phi) is 6.16. The predicted octanol–water partition coefficient (Wildman–Crippen LogP) is 3.86. The Hall–Kier alpha value is -2.70. The van der Waals surface area contributed by atoms with Crippen LogP contribution in [0.2, 0.25) is 0 Å². The van der Waals surface area contributed by atoms with Crippen LogP contribution in [0.15, 0.2) is 53.9 Å². The highest BCUT2D eigenvalue weighted by atomic mass is 32.1. The van der Waals surface area contributed by atoms with Crippen molar-refractivity contribution in [3.63, 3.8) is 0 Å². The molecule has 0 unspecified atom stereocenters. The number of benzene rings is 1. The van der Waals surface area contributed by atoms with Gasteiger partial charge in [0, 0.05) is 53.6 Å².